The Morgan fingerprint density at radius 3 is 1.42 bits per heavy atom. The molecule has 0 fully saturated rings. The number of fused-ring (bicyclic) bond motifs is 4. The maximum absolute atomic E-state index is 11.7. The van der Waals surface area contributed by atoms with Crippen molar-refractivity contribution in [2.45, 2.75) is 16.2 Å². The maximum Gasteiger partial charge on any atom is 0.346 e. The molecule has 0 radical (unpaired) electrons. The molecule has 0 bridgehead atoms. The molecule has 7 heteroatoms. The van der Waals surface area contributed by atoms with Gasteiger partial charge in [0.2, 0.25) is 0 Å². The Kier molecular flexibility index (Phi) is 2.43. The van der Waals surface area contributed by atoms with Crippen molar-refractivity contribution in [1.29, 1.82) is 0 Å². The average molecular weight is 338 g/mol. The lowest BCUT2D eigenvalue weighted by molar-refractivity contribution is 0.0425. The van der Waals surface area contributed by atoms with Crippen LogP contribution in [0, 0.1) is 0 Å². The van der Waals surface area contributed by atoms with E-state index in [0.717, 1.165) is 20.9 Å². The summed E-state index contributed by atoms with van der Waals surface area (Å²) in [5.41, 5.74) is 2.78. The van der Waals surface area contributed by atoms with Crippen LogP contribution in [-0.2, 0) is 15.9 Å². The van der Waals surface area contributed by atoms with E-state index in [2.05, 4.69) is 9.47 Å². The summed E-state index contributed by atoms with van der Waals surface area (Å²) in [5, 5.41) is 0. The summed E-state index contributed by atoms with van der Waals surface area (Å²) in [6.45, 7) is 0. The second kappa shape index (κ2) is 4.33. The molecule has 0 N–H and O–H groups in total. The first kappa shape index (κ1) is 13.5. The largest absolute Gasteiger partial charge is 0.386 e. The zero-order valence-electron chi connectivity index (χ0n) is 11.9. The molecule has 2 aromatic carbocycles. The van der Waals surface area contributed by atoms with E-state index in [1.807, 2.05) is 0 Å². The molecule has 6 nitrogen and oxygen atoms in total. The highest BCUT2D eigenvalue weighted by Gasteiger charge is 2.35. The second-order valence-electron chi connectivity index (χ2n) is 5.64. The number of rotatable bonds is 0. The molecule has 0 spiro atoms. The van der Waals surface area contributed by atoms with E-state index in [0.29, 0.717) is 6.42 Å². The first-order chi connectivity index (χ1) is 11.5. The molecule has 3 heterocycles. The topological polar surface area (TPSA) is 86.7 Å². The van der Waals surface area contributed by atoms with Crippen LogP contribution in [0.15, 0.2) is 34.1 Å². The molecule has 3 aliphatic rings. The lowest BCUT2D eigenvalue weighted by Gasteiger charge is -2.19. The molecule has 5 rings (SSSR count). The molecule has 0 aliphatic carbocycles. The van der Waals surface area contributed by atoms with Crippen molar-refractivity contribution in [3.05, 3.63) is 57.6 Å². The van der Waals surface area contributed by atoms with Crippen LogP contribution in [0.4, 0.5) is 0 Å². The highest BCUT2D eigenvalue weighted by molar-refractivity contribution is 7.99. The van der Waals surface area contributed by atoms with Gasteiger partial charge in [0, 0.05) is 9.79 Å². The SMILES string of the molecule is O=C1OC(=O)c2cc3c(cc21)Cc1cc2c(cc1S3)C(=O)OC2=O. The van der Waals surface area contributed by atoms with Crippen LogP contribution in [0.2, 0.25) is 0 Å². The zero-order chi connectivity index (χ0) is 16.6. The number of cyclic esters (lactones) is 4. The van der Waals surface area contributed by atoms with Gasteiger partial charge in [0.15, 0.2) is 0 Å². The molecule has 116 valence electrons. The van der Waals surface area contributed by atoms with Gasteiger partial charge in [-0.05, 0) is 41.8 Å². The summed E-state index contributed by atoms with van der Waals surface area (Å²) in [4.78, 5) is 48.4. The Hall–Kier alpha value is -2.93. The summed E-state index contributed by atoms with van der Waals surface area (Å²) in [5.74, 6) is -2.58. The first-order valence-corrected chi connectivity index (χ1v) is 7.87. The molecule has 0 amide bonds. The van der Waals surface area contributed by atoms with Crippen LogP contribution >= 0.6 is 11.8 Å². The van der Waals surface area contributed by atoms with Crippen molar-refractivity contribution in [3.63, 3.8) is 0 Å². The van der Waals surface area contributed by atoms with Crippen molar-refractivity contribution < 1.29 is 28.7 Å². The Balaban J connectivity index is 1.65. The van der Waals surface area contributed by atoms with Gasteiger partial charge in [-0.3, -0.25) is 0 Å². The van der Waals surface area contributed by atoms with Crippen molar-refractivity contribution >= 4 is 35.6 Å². The fourth-order valence-corrected chi connectivity index (χ4v) is 4.22. The monoisotopic (exact) mass is 338 g/mol. The number of ether oxygens (including phenoxy) is 2. The van der Waals surface area contributed by atoms with Gasteiger partial charge in [-0.15, -0.1) is 0 Å². The number of carbonyl (C=O) groups excluding carboxylic acids is 4. The minimum absolute atomic E-state index is 0.255. The molecule has 3 aliphatic heterocycles. The maximum atomic E-state index is 11.7. The van der Waals surface area contributed by atoms with E-state index in [1.54, 1.807) is 24.3 Å². The van der Waals surface area contributed by atoms with E-state index in [-0.39, 0.29) is 22.3 Å². The van der Waals surface area contributed by atoms with Crippen LogP contribution in [-0.4, -0.2) is 23.9 Å². The second-order valence-corrected chi connectivity index (χ2v) is 6.73. The fraction of sp³-hybridized carbons (Fsp3) is 0.0588. The Labute approximate surface area is 138 Å². The lowest BCUT2D eigenvalue weighted by atomic mass is 9.97. The van der Waals surface area contributed by atoms with Gasteiger partial charge >= 0.3 is 23.9 Å². The van der Waals surface area contributed by atoms with E-state index in [9.17, 15) is 19.2 Å². The zero-order valence-corrected chi connectivity index (χ0v) is 12.7. The number of benzene rings is 2. The number of hydrogen-bond donors (Lipinski definition) is 0. The van der Waals surface area contributed by atoms with Crippen molar-refractivity contribution in [1.82, 2.24) is 0 Å². The number of hydrogen-bond acceptors (Lipinski definition) is 7. The lowest BCUT2D eigenvalue weighted by Crippen LogP contribution is -2.05. The van der Waals surface area contributed by atoms with Crippen LogP contribution < -0.4 is 0 Å². The highest BCUT2D eigenvalue weighted by Crippen LogP contribution is 2.43. The van der Waals surface area contributed by atoms with E-state index < -0.39 is 23.9 Å². The highest BCUT2D eigenvalue weighted by atomic mass is 32.2. The summed E-state index contributed by atoms with van der Waals surface area (Å²) >= 11 is 1.38. The molecule has 0 saturated carbocycles. The molecule has 0 saturated heterocycles. The number of carbonyl (C=O) groups is 4. The Morgan fingerprint density at radius 1 is 0.625 bits per heavy atom. The normalized spacial score (nSPS) is 17.0. The first-order valence-electron chi connectivity index (χ1n) is 7.06. The quantitative estimate of drug-likeness (QED) is 0.459. The van der Waals surface area contributed by atoms with Crippen LogP contribution in [0.5, 0.6) is 0 Å². The van der Waals surface area contributed by atoms with Gasteiger partial charge in [0.25, 0.3) is 0 Å². The average Bonchev–Trinajstić information content (AvgIpc) is 2.98. The molecule has 0 atom stereocenters. The van der Waals surface area contributed by atoms with Gasteiger partial charge < -0.3 is 9.47 Å². The van der Waals surface area contributed by atoms with E-state index in [4.69, 9.17) is 0 Å². The standard InChI is InChI=1S/C17H6O6S/c18-14-8-2-6-1-7-3-9-11(17(21)23-15(9)19)5-13(7)24-12(6)4-10(8)16(20)22-14/h2-5H,1H2. The Bertz CT molecular complexity index is 874. The van der Waals surface area contributed by atoms with Crippen molar-refractivity contribution in [3.8, 4) is 0 Å². The fourth-order valence-electron chi connectivity index (χ4n) is 3.10. The van der Waals surface area contributed by atoms with Gasteiger partial charge in [-0.1, -0.05) is 11.8 Å². The summed E-state index contributed by atoms with van der Waals surface area (Å²) in [7, 11) is 0. The van der Waals surface area contributed by atoms with Crippen molar-refractivity contribution in [2.75, 3.05) is 0 Å². The third-order valence-electron chi connectivity index (χ3n) is 4.25. The van der Waals surface area contributed by atoms with E-state index >= 15 is 0 Å². The number of esters is 4. The predicted molar refractivity (Wildman–Crippen MR) is 79.3 cm³/mol. The Morgan fingerprint density at radius 2 is 1.00 bits per heavy atom. The van der Waals surface area contributed by atoms with E-state index in [1.165, 1.54) is 11.8 Å². The smallest absolute Gasteiger partial charge is 0.346 e. The molecule has 0 aromatic heterocycles. The minimum Gasteiger partial charge on any atom is -0.386 e. The third kappa shape index (κ3) is 1.67. The predicted octanol–water partition coefficient (Wildman–Crippen LogP) is 2.36. The molecular weight excluding hydrogens is 332 g/mol. The van der Waals surface area contributed by atoms with Gasteiger partial charge in [-0.25, -0.2) is 19.2 Å². The molecular formula is C17H6O6S. The summed E-state index contributed by atoms with van der Waals surface area (Å²) < 4.78 is 9.26. The van der Waals surface area contributed by atoms with Crippen LogP contribution in [0.3, 0.4) is 0 Å². The van der Waals surface area contributed by atoms with Crippen molar-refractivity contribution in [2.24, 2.45) is 0 Å². The third-order valence-corrected chi connectivity index (χ3v) is 5.45. The van der Waals surface area contributed by atoms with Crippen LogP contribution in [0.25, 0.3) is 0 Å². The molecule has 0 unspecified atom stereocenters. The van der Waals surface area contributed by atoms with Crippen LogP contribution in [0.1, 0.15) is 52.6 Å². The van der Waals surface area contributed by atoms with Gasteiger partial charge in [0.1, 0.15) is 0 Å². The minimum atomic E-state index is -0.646. The molecule has 24 heavy (non-hydrogen) atoms. The van der Waals surface area contributed by atoms with Gasteiger partial charge in [-0.2, -0.15) is 0 Å². The van der Waals surface area contributed by atoms with Gasteiger partial charge in [0.05, 0.1) is 22.3 Å². The molecule has 2 aromatic rings. The summed E-state index contributed by atoms with van der Waals surface area (Å²) in [6, 6.07) is 6.60. The summed E-state index contributed by atoms with van der Waals surface area (Å²) in [6.07, 6.45) is 0.487.